The van der Waals surface area contributed by atoms with E-state index in [4.69, 9.17) is 9.15 Å². The minimum Gasteiger partial charge on any atom is -0.450 e. The number of anilines is 1. The summed E-state index contributed by atoms with van der Waals surface area (Å²) >= 11 is 0. The van der Waals surface area contributed by atoms with Crippen LogP contribution in [0.3, 0.4) is 0 Å². The van der Waals surface area contributed by atoms with Crippen LogP contribution in [0.15, 0.2) is 57.7 Å². The molecule has 0 bridgehead atoms. The molecule has 148 valence electrons. The van der Waals surface area contributed by atoms with Gasteiger partial charge in [-0.05, 0) is 25.1 Å². The lowest BCUT2D eigenvalue weighted by atomic mass is 10.1. The second kappa shape index (κ2) is 7.76. The lowest BCUT2D eigenvalue weighted by molar-refractivity contribution is 0.0930. The van der Waals surface area contributed by atoms with Gasteiger partial charge < -0.3 is 9.15 Å². The molecule has 2 aromatic carbocycles. The van der Waals surface area contributed by atoms with Gasteiger partial charge in [-0.25, -0.2) is 4.98 Å². The maximum absolute atomic E-state index is 12.8. The number of hydrazine groups is 1. The number of rotatable bonds is 6. The zero-order chi connectivity index (χ0) is 20.4. The van der Waals surface area contributed by atoms with E-state index in [-0.39, 0.29) is 23.9 Å². The SMILES string of the molecule is CCn1c(NNC(=O)c2oc3ccccc3c2COC)nc2ccccc2c1=O. The number of aromatic nitrogens is 2. The lowest BCUT2D eigenvalue weighted by Gasteiger charge is -2.13. The summed E-state index contributed by atoms with van der Waals surface area (Å²) in [6, 6.07) is 14.4. The monoisotopic (exact) mass is 392 g/mol. The van der Waals surface area contributed by atoms with Gasteiger partial charge in [-0.3, -0.25) is 25.0 Å². The Bertz CT molecular complexity index is 1260. The molecule has 0 saturated carbocycles. The summed E-state index contributed by atoms with van der Waals surface area (Å²) in [7, 11) is 1.56. The highest BCUT2D eigenvalue weighted by molar-refractivity contribution is 5.99. The third-order valence-corrected chi connectivity index (χ3v) is 4.66. The summed E-state index contributed by atoms with van der Waals surface area (Å²) in [6.45, 7) is 2.46. The van der Waals surface area contributed by atoms with Crippen molar-refractivity contribution < 1.29 is 13.9 Å². The summed E-state index contributed by atoms with van der Waals surface area (Å²) in [5.41, 5.74) is 6.95. The van der Waals surface area contributed by atoms with Crippen molar-refractivity contribution in [1.82, 2.24) is 15.0 Å². The van der Waals surface area contributed by atoms with Gasteiger partial charge in [0.1, 0.15) is 5.58 Å². The van der Waals surface area contributed by atoms with Crippen LogP contribution in [0.2, 0.25) is 0 Å². The van der Waals surface area contributed by atoms with Crippen LogP contribution in [0.5, 0.6) is 0 Å². The van der Waals surface area contributed by atoms with Gasteiger partial charge in [0.15, 0.2) is 5.76 Å². The second-order valence-electron chi connectivity index (χ2n) is 6.42. The molecule has 8 nitrogen and oxygen atoms in total. The maximum Gasteiger partial charge on any atom is 0.305 e. The summed E-state index contributed by atoms with van der Waals surface area (Å²) in [5.74, 6) is -0.0982. The topological polar surface area (TPSA) is 98.4 Å². The minimum absolute atomic E-state index is 0.145. The number of benzene rings is 2. The summed E-state index contributed by atoms with van der Waals surface area (Å²) < 4.78 is 12.4. The van der Waals surface area contributed by atoms with Crippen molar-refractivity contribution in [2.75, 3.05) is 12.5 Å². The van der Waals surface area contributed by atoms with Gasteiger partial charge in [0.2, 0.25) is 5.95 Å². The molecule has 1 amide bonds. The Morgan fingerprint density at radius 3 is 2.62 bits per heavy atom. The van der Waals surface area contributed by atoms with Crippen LogP contribution in [0.1, 0.15) is 23.0 Å². The van der Waals surface area contributed by atoms with Gasteiger partial charge in [0, 0.05) is 24.6 Å². The van der Waals surface area contributed by atoms with Crippen LogP contribution in [0.25, 0.3) is 21.9 Å². The molecule has 2 heterocycles. The fourth-order valence-electron chi connectivity index (χ4n) is 3.30. The van der Waals surface area contributed by atoms with E-state index in [0.29, 0.717) is 28.6 Å². The summed E-state index contributed by atoms with van der Waals surface area (Å²) in [5, 5.41) is 1.33. The van der Waals surface area contributed by atoms with Gasteiger partial charge >= 0.3 is 5.91 Å². The molecule has 0 unspecified atom stereocenters. The Hall–Kier alpha value is -3.65. The molecule has 0 spiro atoms. The first-order chi connectivity index (χ1) is 14.1. The molecule has 0 radical (unpaired) electrons. The number of methoxy groups -OCH3 is 1. The molecule has 4 aromatic rings. The number of furan rings is 1. The number of carbonyl (C=O) groups excluding carboxylic acids is 1. The lowest BCUT2D eigenvalue weighted by Crippen LogP contribution is -2.34. The first-order valence-corrected chi connectivity index (χ1v) is 9.19. The molecule has 0 aliphatic carbocycles. The quantitative estimate of drug-likeness (QED) is 0.490. The fourth-order valence-corrected chi connectivity index (χ4v) is 3.30. The van der Waals surface area contributed by atoms with E-state index in [1.807, 2.05) is 25.1 Å². The molecule has 8 heteroatoms. The van der Waals surface area contributed by atoms with Crippen LogP contribution in [0.4, 0.5) is 5.95 Å². The maximum atomic E-state index is 12.8. The molecule has 0 saturated heterocycles. The molecule has 0 aliphatic rings. The smallest absolute Gasteiger partial charge is 0.305 e. The molecule has 0 fully saturated rings. The highest BCUT2D eigenvalue weighted by atomic mass is 16.5. The van der Waals surface area contributed by atoms with E-state index < -0.39 is 5.91 Å². The predicted octanol–water partition coefficient (Wildman–Crippen LogP) is 3.07. The first kappa shape index (κ1) is 18.7. The standard InChI is InChI=1S/C21H20N4O4/c1-3-25-20(27)14-9-4-6-10-16(14)22-21(25)24-23-19(26)18-15(12-28-2)13-8-5-7-11-17(13)29-18/h4-11H,3,12H2,1-2H3,(H,22,24)(H,23,26). The van der Waals surface area contributed by atoms with Crippen LogP contribution in [-0.4, -0.2) is 22.6 Å². The number of fused-ring (bicyclic) bond motifs is 2. The molecule has 2 N–H and O–H groups in total. The minimum atomic E-state index is -0.488. The van der Waals surface area contributed by atoms with Gasteiger partial charge in [-0.15, -0.1) is 0 Å². The molecule has 0 atom stereocenters. The molecular formula is C21H20N4O4. The Morgan fingerprint density at radius 2 is 1.86 bits per heavy atom. The number of para-hydroxylation sites is 2. The van der Waals surface area contributed by atoms with Crippen molar-refractivity contribution >= 4 is 33.7 Å². The van der Waals surface area contributed by atoms with Crippen molar-refractivity contribution in [2.24, 2.45) is 0 Å². The average molecular weight is 392 g/mol. The number of ether oxygens (including phenoxy) is 1. The Morgan fingerprint density at radius 1 is 1.14 bits per heavy atom. The van der Waals surface area contributed by atoms with Crippen LogP contribution >= 0.6 is 0 Å². The molecule has 29 heavy (non-hydrogen) atoms. The number of nitrogens with one attached hydrogen (secondary N) is 2. The van der Waals surface area contributed by atoms with E-state index in [9.17, 15) is 9.59 Å². The summed E-state index contributed by atoms with van der Waals surface area (Å²) in [6.07, 6.45) is 0. The van der Waals surface area contributed by atoms with Crippen molar-refractivity contribution in [3.8, 4) is 0 Å². The van der Waals surface area contributed by atoms with E-state index in [0.717, 1.165) is 5.39 Å². The zero-order valence-electron chi connectivity index (χ0n) is 16.1. The molecule has 0 aliphatic heterocycles. The van der Waals surface area contributed by atoms with Crippen LogP contribution < -0.4 is 16.4 Å². The van der Waals surface area contributed by atoms with Crippen LogP contribution in [-0.2, 0) is 17.9 Å². The van der Waals surface area contributed by atoms with E-state index >= 15 is 0 Å². The third kappa shape index (κ3) is 3.34. The molecule has 4 rings (SSSR count). The van der Waals surface area contributed by atoms with E-state index in [1.165, 1.54) is 4.57 Å². The number of hydrogen-bond donors (Lipinski definition) is 2. The number of carbonyl (C=O) groups is 1. The van der Waals surface area contributed by atoms with Crippen molar-refractivity contribution in [2.45, 2.75) is 20.1 Å². The van der Waals surface area contributed by atoms with Crippen LogP contribution in [0, 0.1) is 0 Å². The highest BCUT2D eigenvalue weighted by Gasteiger charge is 2.21. The van der Waals surface area contributed by atoms with Gasteiger partial charge in [0.05, 0.1) is 17.5 Å². The highest BCUT2D eigenvalue weighted by Crippen LogP contribution is 2.26. The second-order valence-corrected chi connectivity index (χ2v) is 6.42. The Balaban J connectivity index is 1.66. The molecular weight excluding hydrogens is 372 g/mol. The van der Waals surface area contributed by atoms with Crippen molar-refractivity contribution in [1.29, 1.82) is 0 Å². The van der Waals surface area contributed by atoms with Crippen molar-refractivity contribution in [3.63, 3.8) is 0 Å². The Kier molecular flexibility index (Phi) is 5.01. The largest absolute Gasteiger partial charge is 0.450 e. The average Bonchev–Trinajstić information content (AvgIpc) is 3.11. The first-order valence-electron chi connectivity index (χ1n) is 9.19. The molecule has 2 aromatic heterocycles. The Labute approximate surface area is 166 Å². The fraction of sp³-hybridized carbons (Fsp3) is 0.190. The van der Waals surface area contributed by atoms with E-state index in [2.05, 4.69) is 15.8 Å². The van der Waals surface area contributed by atoms with Crippen molar-refractivity contribution in [3.05, 3.63) is 70.2 Å². The number of hydrogen-bond acceptors (Lipinski definition) is 6. The number of nitrogens with zero attached hydrogens (tertiary/aromatic N) is 2. The zero-order valence-corrected chi connectivity index (χ0v) is 16.1. The summed E-state index contributed by atoms with van der Waals surface area (Å²) in [4.78, 5) is 29.9. The van der Waals surface area contributed by atoms with Gasteiger partial charge in [0.25, 0.3) is 5.56 Å². The predicted molar refractivity (Wildman–Crippen MR) is 110 cm³/mol. The van der Waals surface area contributed by atoms with Gasteiger partial charge in [-0.1, -0.05) is 30.3 Å². The normalized spacial score (nSPS) is 11.1. The van der Waals surface area contributed by atoms with Gasteiger partial charge in [-0.2, -0.15) is 0 Å². The van der Waals surface area contributed by atoms with E-state index in [1.54, 1.807) is 37.4 Å². The third-order valence-electron chi connectivity index (χ3n) is 4.66. The number of amides is 1.